The average Bonchev–Trinajstić information content (AvgIpc) is 3.59. The van der Waals surface area contributed by atoms with Gasteiger partial charge < -0.3 is 14.9 Å². The molecule has 8 rings (SSSR count). The third-order valence-electron chi connectivity index (χ3n) is 10.4. The van der Waals surface area contributed by atoms with Gasteiger partial charge in [-0.3, -0.25) is 9.80 Å². The predicted octanol–water partition coefficient (Wildman–Crippen LogP) is 3.38. The molecular formula is C29H34N2O3. The van der Waals surface area contributed by atoms with Gasteiger partial charge in [0.05, 0.1) is 11.0 Å². The second kappa shape index (κ2) is 6.77. The van der Waals surface area contributed by atoms with Crippen LogP contribution in [0.3, 0.4) is 0 Å². The van der Waals surface area contributed by atoms with Crippen LogP contribution in [0.4, 0.5) is 0 Å². The summed E-state index contributed by atoms with van der Waals surface area (Å²) >= 11 is 0. The summed E-state index contributed by atoms with van der Waals surface area (Å²) in [5, 5.41) is 23.5. The van der Waals surface area contributed by atoms with E-state index in [4.69, 9.17) is 4.74 Å². The summed E-state index contributed by atoms with van der Waals surface area (Å²) in [7, 11) is 0. The largest absolute Gasteiger partial charge is 0.504 e. The number of benzene rings is 2. The number of ether oxygens (including phenoxy) is 1. The van der Waals surface area contributed by atoms with Crippen LogP contribution in [0.5, 0.6) is 11.5 Å². The van der Waals surface area contributed by atoms with Crippen LogP contribution in [-0.2, 0) is 24.8 Å². The first-order valence-electron chi connectivity index (χ1n) is 13.4. The Kier molecular flexibility index (Phi) is 4.01. The summed E-state index contributed by atoms with van der Waals surface area (Å²) in [6.45, 7) is 4.12. The van der Waals surface area contributed by atoms with Gasteiger partial charge in [0.25, 0.3) is 0 Å². The molecule has 5 heteroatoms. The lowest BCUT2D eigenvalue weighted by Crippen LogP contribution is -2.78. The van der Waals surface area contributed by atoms with E-state index in [-0.39, 0.29) is 23.9 Å². The number of likely N-dealkylation sites (tertiary alicyclic amines) is 1. The van der Waals surface area contributed by atoms with Crippen LogP contribution < -0.4 is 4.74 Å². The lowest BCUT2D eigenvalue weighted by Gasteiger charge is -2.65. The van der Waals surface area contributed by atoms with Crippen molar-refractivity contribution in [3.8, 4) is 11.5 Å². The normalized spacial score (nSPS) is 38.2. The van der Waals surface area contributed by atoms with Crippen LogP contribution in [0, 0.1) is 5.92 Å². The van der Waals surface area contributed by atoms with E-state index in [0.717, 1.165) is 69.8 Å². The van der Waals surface area contributed by atoms with Crippen molar-refractivity contribution >= 4 is 0 Å². The first kappa shape index (κ1) is 20.1. The minimum Gasteiger partial charge on any atom is -0.504 e. The summed E-state index contributed by atoms with van der Waals surface area (Å²) < 4.78 is 6.79. The fourth-order valence-electron chi connectivity index (χ4n) is 8.63. The van der Waals surface area contributed by atoms with Crippen LogP contribution in [0.2, 0.25) is 0 Å². The Balaban J connectivity index is 1.23. The molecule has 1 spiro atoms. The molecule has 2 N–H and O–H groups in total. The van der Waals surface area contributed by atoms with Gasteiger partial charge in [0.1, 0.15) is 6.10 Å². The summed E-state index contributed by atoms with van der Waals surface area (Å²) in [6, 6.07) is 13.1. The molecule has 5 atom stereocenters. The molecular weight excluding hydrogens is 424 g/mol. The van der Waals surface area contributed by atoms with E-state index < -0.39 is 11.0 Å². The number of phenols is 1. The van der Waals surface area contributed by atoms with Crippen LogP contribution in [0.25, 0.3) is 0 Å². The number of hydrogen-bond donors (Lipinski definition) is 2. The Bertz CT molecular complexity index is 1180. The zero-order valence-corrected chi connectivity index (χ0v) is 19.7. The summed E-state index contributed by atoms with van der Waals surface area (Å²) in [5.41, 5.74) is 4.11. The third kappa shape index (κ3) is 2.46. The maximum Gasteiger partial charge on any atom is 0.165 e. The molecule has 5 nitrogen and oxygen atoms in total. The van der Waals surface area contributed by atoms with E-state index in [0.29, 0.717) is 5.75 Å². The first-order valence-corrected chi connectivity index (χ1v) is 13.4. The lowest BCUT2D eigenvalue weighted by atomic mass is 9.48. The fraction of sp³-hybridized carbons (Fsp3) is 0.586. The van der Waals surface area contributed by atoms with Gasteiger partial charge in [0.2, 0.25) is 0 Å². The number of rotatable bonds is 3. The molecule has 2 aromatic rings. The van der Waals surface area contributed by atoms with Gasteiger partial charge in [-0.2, -0.15) is 0 Å². The smallest absolute Gasteiger partial charge is 0.165 e. The van der Waals surface area contributed by atoms with Crippen molar-refractivity contribution in [3.05, 3.63) is 58.7 Å². The van der Waals surface area contributed by atoms with Gasteiger partial charge in [0.15, 0.2) is 11.5 Å². The molecule has 0 radical (unpaired) electrons. The molecule has 2 bridgehead atoms. The van der Waals surface area contributed by atoms with E-state index in [2.05, 4.69) is 40.1 Å². The zero-order chi connectivity index (χ0) is 22.7. The van der Waals surface area contributed by atoms with Crippen LogP contribution >= 0.6 is 0 Å². The van der Waals surface area contributed by atoms with Crippen LogP contribution in [0.1, 0.15) is 54.4 Å². The minimum absolute atomic E-state index is 0.107. The quantitative estimate of drug-likeness (QED) is 0.739. The molecule has 2 saturated carbocycles. The fourth-order valence-corrected chi connectivity index (χ4v) is 8.63. The summed E-state index contributed by atoms with van der Waals surface area (Å²) in [6.07, 6.45) is 7.19. The number of aliphatic hydroxyl groups is 1. The molecule has 3 aliphatic carbocycles. The third-order valence-corrected chi connectivity index (χ3v) is 10.4. The van der Waals surface area contributed by atoms with Crippen molar-refractivity contribution in [2.45, 2.75) is 80.7 Å². The molecule has 2 aromatic carbocycles. The summed E-state index contributed by atoms with van der Waals surface area (Å²) in [4.78, 5) is 5.23. The van der Waals surface area contributed by atoms with Crippen molar-refractivity contribution in [2.24, 2.45) is 5.92 Å². The topological polar surface area (TPSA) is 56.2 Å². The monoisotopic (exact) mass is 458 g/mol. The van der Waals surface area contributed by atoms with Gasteiger partial charge in [-0.1, -0.05) is 30.3 Å². The predicted molar refractivity (Wildman–Crippen MR) is 129 cm³/mol. The second-order valence-electron chi connectivity index (χ2n) is 11.9. The highest BCUT2D eigenvalue weighted by atomic mass is 16.5. The number of fused-ring (bicyclic) bond motifs is 1. The molecule has 178 valence electrons. The van der Waals surface area contributed by atoms with Gasteiger partial charge in [-0.15, -0.1) is 0 Å². The maximum atomic E-state index is 12.7. The van der Waals surface area contributed by atoms with E-state index in [1.54, 1.807) is 0 Å². The molecule has 0 aromatic heterocycles. The Hall–Kier alpha value is -2.08. The maximum absolute atomic E-state index is 12.7. The van der Waals surface area contributed by atoms with Crippen molar-refractivity contribution < 1.29 is 14.9 Å². The molecule has 1 saturated heterocycles. The zero-order valence-electron chi connectivity index (χ0n) is 19.7. The number of piperidine rings is 1. The Morgan fingerprint density at radius 3 is 2.68 bits per heavy atom. The highest BCUT2D eigenvalue weighted by Crippen LogP contribution is 2.66. The number of nitrogens with zero attached hydrogens (tertiary/aromatic N) is 2. The van der Waals surface area contributed by atoms with Gasteiger partial charge in [-0.05, 0) is 80.2 Å². The van der Waals surface area contributed by atoms with Crippen LogP contribution in [-0.4, -0.2) is 63.4 Å². The number of hydrogen-bond acceptors (Lipinski definition) is 5. The van der Waals surface area contributed by atoms with E-state index in [9.17, 15) is 10.2 Å². The number of phenolic OH excluding ortho intramolecular Hbond substituents is 1. The average molecular weight is 459 g/mol. The number of aromatic hydroxyl groups is 1. The van der Waals surface area contributed by atoms with E-state index >= 15 is 0 Å². The van der Waals surface area contributed by atoms with Gasteiger partial charge in [-0.25, -0.2) is 0 Å². The molecule has 3 heterocycles. The Morgan fingerprint density at radius 1 is 0.971 bits per heavy atom. The van der Waals surface area contributed by atoms with Crippen molar-refractivity contribution in [2.75, 3.05) is 19.6 Å². The second-order valence-corrected chi connectivity index (χ2v) is 11.9. The molecule has 6 aliphatic rings. The molecule has 3 fully saturated rings. The highest BCUT2D eigenvalue weighted by molar-refractivity contribution is 5.62. The van der Waals surface area contributed by atoms with Crippen molar-refractivity contribution in [1.29, 1.82) is 0 Å². The molecule has 34 heavy (non-hydrogen) atoms. The molecule has 0 amide bonds. The standard InChI is InChI=1S/C29H34N2O3/c32-23-8-7-20-15-24-29(33)11-9-22(30-13-10-19-3-1-2-4-21(19)17-30)27-28(29,25(20)26(23)34-27)12-14-31(24)16-18-5-6-18/h1-4,7-8,18,22,24,27,32-33H,5-6,9-17H2/t22-,24-,27+,28+,29-/m1/s1. The van der Waals surface area contributed by atoms with Crippen molar-refractivity contribution in [1.82, 2.24) is 9.80 Å². The molecule has 0 unspecified atom stereocenters. The van der Waals surface area contributed by atoms with Gasteiger partial charge in [0, 0.05) is 37.3 Å². The highest BCUT2D eigenvalue weighted by Gasteiger charge is 2.73. The Morgan fingerprint density at radius 2 is 1.82 bits per heavy atom. The van der Waals surface area contributed by atoms with Crippen LogP contribution in [0.15, 0.2) is 36.4 Å². The summed E-state index contributed by atoms with van der Waals surface area (Å²) in [5.74, 6) is 1.72. The Labute approximate surface area is 201 Å². The molecule has 3 aliphatic heterocycles. The van der Waals surface area contributed by atoms with Crippen molar-refractivity contribution in [3.63, 3.8) is 0 Å². The SMILES string of the molecule is Oc1ccc2c3c1O[C@H]1[C@H](N4CCc5ccccc5C4)CC[C@@]4(O)[C@@H](C2)N(CC2CC2)CC[C@]314. The lowest BCUT2D eigenvalue weighted by molar-refractivity contribution is -0.201. The van der Waals surface area contributed by atoms with E-state index in [1.165, 1.54) is 29.5 Å². The van der Waals surface area contributed by atoms with Gasteiger partial charge >= 0.3 is 0 Å². The van der Waals surface area contributed by atoms with E-state index in [1.807, 2.05) is 6.07 Å². The minimum atomic E-state index is -0.791. The first-order chi connectivity index (χ1) is 16.6.